The van der Waals surface area contributed by atoms with E-state index in [-0.39, 0.29) is 18.6 Å². The smallest absolute Gasteiger partial charge is 0.320 e. The number of aromatic nitrogens is 3. The van der Waals surface area contributed by atoms with E-state index >= 15 is 0 Å². The highest BCUT2D eigenvalue weighted by atomic mass is 19.1. The molecular weight excluding hydrogens is 435 g/mol. The molecule has 2 fully saturated rings. The first-order valence-electron chi connectivity index (χ1n) is 12.0. The molecule has 2 unspecified atom stereocenters. The Bertz CT molecular complexity index is 1240. The second-order valence-corrected chi connectivity index (χ2v) is 9.50. The Labute approximate surface area is 197 Å². The van der Waals surface area contributed by atoms with Gasteiger partial charge in [-0.25, -0.2) is 19.2 Å². The van der Waals surface area contributed by atoms with Gasteiger partial charge in [0.1, 0.15) is 11.7 Å². The molecule has 8 nitrogen and oxygen atoms in total. The molecule has 5 heterocycles. The first-order chi connectivity index (χ1) is 16.6. The Kier molecular flexibility index (Phi) is 5.45. The van der Waals surface area contributed by atoms with Gasteiger partial charge < -0.3 is 24.8 Å². The lowest BCUT2D eigenvalue weighted by atomic mass is 9.88. The van der Waals surface area contributed by atoms with Crippen molar-refractivity contribution in [2.24, 2.45) is 0 Å². The summed E-state index contributed by atoms with van der Waals surface area (Å²) in [4.78, 5) is 29.2. The van der Waals surface area contributed by atoms with Crippen LogP contribution in [0.1, 0.15) is 34.7 Å². The maximum absolute atomic E-state index is 13.7. The average molecular weight is 465 g/mol. The van der Waals surface area contributed by atoms with Crippen LogP contribution in [-0.2, 0) is 17.7 Å². The number of carbonyl (C=O) groups is 1. The Balaban J connectivity index is 1.37. The number of halogens is 1. The fraction of sp³-hybridized carbons (Fsp3) is 0.480. The Hall–Kier alpha value is -3.04. The van der Waals surface area contributed by atoms with Gasteiger partial charge in [0.25, 0.3) is 0 Å². The molecule has 9 heteroatoms. The molecule has 178 valence electrons. The number of nitrogens with zero attached hydrogens (tertiary/aromatic N) is 4. The molecule has 2 amide bonds. The number of aromatic amines is 1. The number of aryl methyl sites for hydroxylation is 1. The molecule has 2 N–H and O–H groups in total. The van der Waals surface area contributed by atoms with Crippen LogP contribution in [0.4, 0.5) is 9.18 Å². The lowest BCUT2D eigenvalue weighted by Crippen LogP contribution is -2.45. The topological polar surface area (TPSA) is 86.4 Å². The number of ether oxygens (including phenoxy) is 1. The number of fused-ring (bicyclic) bond motifs is 2. The van der Waals surface area contributed by atoms with Gasteiger partial charge in [-0.1, -0.05) is 0 Å². The minimum atomic E-state index is -0.912. The summed E-state index contributed by atoms with van der Waals surface area (Å²) >= 11 is 0. The van der Waals surface area contributed by atoms with Crippen LogP contribution in [0, 0.1) is 6.92 Å². The summed E-state index contributed by atoms with van der Waals surface area (Å²) in [7, 11) is 0. The Morgan fingerprint density at radius 3 is 2.97 bits per heavy atom. The van der Waals surface area contributed by atoms with Crippen LogP contribution in [0.5, 0.6) is 0 Å². The van der Waals surface area contributed by atoms with Gasteiger partial charge in [0.2, 0.25) is 0 Å². The fourth-order valence-corrected chi connectivity index (χ4v) is 5.33. The normalized spacial score (nSPS) is 22.9. The lowest BCUT2D eigenvalue weighted by Gasteiger charge is -2.35. The molecule has 0 aliphatic carbocycles. The molecule has 3 aliphatic rings. The van der Waals surface area contributed by atoms with Crippen LogP contribution in [0.25, 0.3) is 22.4 Å². The number of morpholine rings is 1. The van der Waals surface area contributed by atoms with E-state index in [4.69, 9.17) is 9.72 Å². The number of benzene rings is 1. The van der Waals surface area contributed by atoms with Crippen molar-refractivity contribution in [3.05, 3.63) is 46.8 Å². The molecule has 1 aromatic carbocycles. The summed E-state index contributed by atoms with van der Waals surface area (Å²) in [5, 5.41) is 3.57. The van der Waals surface area contributed by atoms with Gasteiger partial charge in [-0.15, -0.1) is 0 Å². The molecule has 2 saturated heterocycles. The molecule has 2 aromatic heterocycles. The van der Waals surface area contributed by atoms with E-state index in [0.717, 1.165) is 52.1 Å². The highest BCUT2D eigenvalue weighted by molar-refractivity contribution is 5.78. The van der Waals surface area contributed by atoms with Gasteiger partial charge in [0.15, 0.2) is 5.65 Å². The minimum absolute atomic E-state index is 0.0465. The first kappa shape index (κ1) is 21.5. The largest absolute Gasteiger partial charge is 0.378 e. The number of urea groups is 1. The predicted molar refractivity (Wildman–Crippen MR) is 126 cm³/mol. The van der Waals surface area contributed by atoms with Gasteiger partial charge in [0, 0.05) is 37.9 Å². The zero-order valence-electron chi connectivity index (χ0n) is 19.3. The number of alkyl halides is 1. The molecule has 2 atom stereocenters. The third-order valence-electron chi connectivity index (χ3n) is 7.21. The zero-order chi connectivity index (χ0) is 23.2. The molecule has 34 heavy (non-hydrogen) atoms. The average Bonchev–Trinajstić information content (AvgIpc) is 3.48. The predicted octanol–water partition coefficient (Wildman–Crippen LogP) is 3.12. The van der Waals surface area contributed by atoms with Crippen molar-refractivity contribution >= 4 is 17.2 Å². The summed E-state index contributed by atoms with van der Waals surface area (Å²) in [6.45, 7) is 5.93. The van der Waals surface area contributed by atoms with Crippen molar-refractivity contribution in [1.29, 1.82) is 0 Å². The van der Waals surface area contributed by atoms with E-state index in [1.165, 1.54) is 5.56 Å². The van der Waals surface area contributed by atoms with Crippen LogP contribution in [0.2, 0.25) is 0 Å². The molecule has 3 aliphatic heterocycles. The molecule has 6 rings (SSSR count). The number of hydrogen-bond acceptors (Lipinski definition) is 5. The van der Waals surface area contributed by atoms with Crippen molar-refractivity contribution in [3.63, 3.8) is 0 Å². The van der Waals surface area contributed by atoms with Crippen molar-refractivity contribution in [1.82, 2.24) is 30.1 Å². The van der Waals surface area contributed by atoms with Crippen LogP contribution in [0.3, 0.4) is 0 Å². The summed E-state index contributed by atoms with van der Waals surface area (Å²) in [5.74, 6) is 0. The van der Waals surface area contributed by atoms with E-state index in [9.17, 15) is 9.18 Å². The molecule has 3 aromatic rings. The van der Waals surface area contributed by atoms with Crippen LogP contribution in [0.15, 0.2) is 24.5 Å². The maximum Gasteiger partial charge on any atom is 0.320 e. The minimum Gasteiger partial charge on any atom is -0.378 e. The number of likely N-dealkylation sites (tertiary alicyclic amines) is 1. The van der Waals surface area contributed by atoms with E-state index in [2.05, 4.69) is 27.4 Å². The fourth-order valence-electron chi connectivity index (χ4n) is 5.33. The quantitative estimate of drug-likeness (QED) is 0.609. The van der Waals surface area contributed by atoms with Crippen LogP contribution in [-0.4, -0.2) is 76.3 Å². The SMILES string of the molecule is Cc1c[nH]c2ncc(-c3cc4c(c(C5COCCN5)c3)CN(C(=O)N3CCC(F)C3)CC4)nc12. The van der Waals surface area contributed by atoms with Crippen molar-refractivity contribution in [3.8, 4) is 11.3 Å². The van der Waals surface area contributed by atoms with E-state index < -0.39 is 6.17 Å². The van der Waals surface area contributed by atoms with Gasteiger partial charge in [-0.2, -0.15) is 0 Å². The summed E-state index contributed by atoms with van der Waals surface area (Å²) < 4.78 is 19.5. The number of nitrogens with one attached hydrogen (secondary N) is 2. The van der Waals surface area contributed by atoms with E-state index in [0.29, 0.717) is 39.3 Å². The number of hydrogen-bond donors (Lipinski definition) is 2. The number of H-pyrrole nitrogens is 1. The van der Waals surface area contributed by atoms with Gasteiger partial charge in [-0.3, -0.25) is 0 Å². The molecule has 0 bridgehead atoms. The second-order valence-electron chi connectivity index (χ2n) is 9.50. The monoisotopic (exact) mass is 464 g/mol. The highest BCUT2D eigenvalue weighted by Gasteiger charge is 2.33. The van der Waals surface area contributed by atoms with Gasteiger partial charge in [-0.05, 0) is 54.2 Å². The molecule has 0 spiro atoms. The number of amides is 2. The second kappa shape index (κ2) is 8.63. The summed E-state index contributed by atoms with van der Waals surface area (Å²) in [6, 6.07) is 4.35. The molecule has 0 saturated carbocycles. The summed E-state index contributed by atoms with van der Waals surface area (Å²) in [6.07, 6.45) is 4.01. The molecule has 0 radical (unpaired) electrons. The van der Waals surface area contributed by atoms with Crippen molar-refractivity contribution in [2.75, 3.05) is 39.4 Å². The van der Waals surface area contributed by atoms with Crippen LogP contribution < -0.4 is 5.32 Å². The van der Waals surface area contributed by atoms with Crippen LogP contribution >= 0.6 is 0 Å². The third-order valence-corrected chi connectivity index (χ3v) is 7.21. The first-order valence-corrected chi connectivity index (χ1v) is 12.0. The number of carbonyl (C=O) groups excluding carboxylic acids is 1. The maximum atomic E-state index is 13.7. The number of rotatable bonds is 2. The van der Waals surface area contributed by atoms with E-state index in [1.807, 2.05) is 24.2 Å². The van der Waals surface area contributed by atoms with Crippen molar-refractivity contribution < 1.29 is 13.9 Å². The Morgan fingerprint density at radius 2 is 2.18 bits per heavy atom. The molecular formula is C25H29FN6O2. The van der Waals surface area contributed by atoms with Gasteiger partial charge in [0.05, 0.1) is 37.7 Å². The van der Waals surface area contributed by atoms with Crippen molar-refractivity contribution in [2.45, 2.75) is 38.5 Å². The third kappa shape index (κ3) is 3.82. The zero-order valence-corrected chi connectivity index (χ0v) is 19.3. The standard InChI is InChI=1S/C25H29FN6O2/c1-15-10-28-24-23(15)30-21(11-29-24)17-8-16-2-5-32(25(33)31-6-3-18(26)12-31)13-20(16)19(9-17)22-14-34-7-4-27-22/h8-11,18,22,27H,2-7,12-14H2,1H3,(H,28,29). The highest BCUT2D eigenvalue weighted by Crippen LogP contribution is 2.34. The van der Waals surface area contributed by atoms with E-state index in [1.54, 1.807) is 4.90 Å². The lowest BCUT2D eigenvalue weighted by molar-refractivity contribution is 0.0762. The Morgan fingerprint density at radius 1 is 1.26 bits per heavy atom. The van der Waals surface area contributed by atoms with Gasteiger partial charge >= 0.3 is 6.03 Å². The summed E-state index contributed by atoms with van der Waals surface area (Å²) in [5.41, 5.74) is 8.11.